The second kappa shape index (κ2) is 13.5. The zero-order valence-electron chi connectivity index (χ0n) is 19.5. The highest BCUT2D eigenvalue weighted by Gasteiger charge is 2.22. The van der Waals surface area contributed by atoms with Gasteiger partial charge in [0.1, 0.15) is 11.9 Å². The van der Waals surface area contributed by atoms with Crippen LogP contribution in [0.4, 0.5) is 5.82 Å². The number of pyridine rings is 1. The molecule has 0 fully saturated rings. The highest BCUT2D eigenvalue weighted by atomic mass is 16.2. The predicted octanol–water partition coefficient (Wildman–Crippen LogP) is 2.87. The van der Waals surface area contributed by atoms with Gasteiger partial charge in [-0.15, -0.1) is 0 Å². The maximum Gasteiger partial charge on any atom is 0.242 e. The molecule has 1 heterocycles. The molecule has 2 atom stereocenters. The molecule has 1 aromatic carbocycles. The molecule has 0 aliphatic carbocycles. The quantitative estimate of drug-likeness (QED) is 0.359. The molecule has 0 radical (unpaired) electrons. The van der Waals surface area contributed by atoms with Crippen molar-refractivity contribution in [2.75, 3.05) is 12.3 Å². The van der Waals surface area contributed by atoms with Gasteiger partial charge in [0, 0.05) is 12.2 Å². The van der Waals surface area contributed by atoms with Crippen LogP contribution in [0.25, 0.3) is 0 Å². The average Bonchev–Trinajstić information content (AvgIpc) is 2.78. The van der Waals surface area contributed by atoms with Gasteiger partial charge in [-0.3, -0.25) is 9.59 Å². The normalized spacial score (nSPS) is 12.7. The standard InChI is InChI=1S/C25H37N5O2/c1-4-5-9-16-27-22(14-12-20-10-7-6-8-11-20)25(32)30-19(3)24(31)28-17-21-13-15-23(26)29-18(21)2/h6-8,10-11,13,15,19,22,27H,4-5,9,12,14,16-17H2,1-3H3,(H2,26,29)(H,28,31)(H,30,32)/t19-,22+/m0/s1. The fourth-order valence-electron chi connectivity index (χ4n) is 3.44. The number of anilines is 1. The molecule has 2 amide bonds. The molecular formula is C25H37N5O2. The smallest absolute Gasteiger partial charge is 0.242 e. The maximum atomic E-state index is 12.9. The molecule has 0 saturated carbocycles. The van der Waals surface area contributed by atoms with Gasteiger partial charge in [0.15, 0.2) is 0 Å². The van der Waals surface area contributed by atoms with E-state index in [1.807, 2.05) is 31.2 Å². The summed E-state index contributed by atoms with van der Waals surface area (Å²) in [4.78, 5) is 29.7. The van der Waals surface area contributed by atoms with Crippen LogP contribution in [0.5, 0.6) is 0 Å². The Balaban J connectivity index is 1.89. The lowest BCUT2D eigenvalue weighted by Gasteiger charge is -2.21. The van der Waals surface area contributed by atoms with E-state index in [2.05, 4.69) is 40.0 Å². The zero-order chi connectivity index (χ0) is 23.3. The number of unbranched alkanes of at least 4 members (excludes halogenated alkanes) is 2. The van der Waals surface area contributed by atoms with E-state index in [4.69, 9.17) is 5.73 Å². The van der Waals surface area contributed by atoms with Gasteiger partial charge in [0.2, 0.25) is 11.8 Å². The summed E-state index contributed by atoms with van der Waals surface area (Å²) in [7, 11) is 0. The number of rotatable bonds is 13. The molecule has 174 valence electrons. The van der Waals surface area contributed by atoms with E-state index in [1.54, 1.807) is 13.0 Å². The number of hydrogen-bond acceptors (Lipinski definition) is 5. The Labute approximate surface area is 191 Å². The van der Waals surface area contributed by atoms with E-state index in [9.17, 15) is 9.59 Å². The van der Waals surface area contributed by atoms with Crippen LogP contribution in [0.15, 0.2) is 42.5 Å². The fraction of sp³-hybridized carbons (Fsp3) is 0.480. The number of carbonyl (C=O) groups is 2. The number of nitrogens with two attached hydrogens (primary N) is 1. The first-order valence-electron chi connectivity index (χ1n) is 11.5. The molecule has 0 spiro atoms. The van der Waals surface area contributed by atoms with Gasteiger partial charge in [0.05, 0.1) is 6.04 Å². The van der Waals surface area contributed by atoms with Crippen molar-refractivity contribution in [3.05, 3.63) is 59.3 Å². The molecule has 2 rings (SSSR count). The Morgan fingerprint density at radius 2 is 1.81 bits per heavy atom. The number of nitrogens with zero attached hydrogens (tertiary/aromatic N) is 1. The fourth-order valence-corrected chi connectivity index (χ4v) is 3.44. The average molecular weight is 440 g/mol. The van der Waals surface area contributed by atoms with Crippen molar-refractivity contribution in [2.45, 2.75) is 71.5 Å². The summed E-state index contributed by atoms with van der Waals surface area (Å²) < 4.78 is 0. The minimum Gasteiger partial charge on any atom is -0.384 e. The summed E-state index contributed by atoms with van der Waals surface area (Å²) in [5.74, 6) is 0.0685. The second-order valence-electron chi connectivity index (χ2n) is 8.17. The summed E-state index contributed by atoms with van der Waals surface area (Å²) >= 11 is 0. The van der Waals surface area contributed by atoms with Crippen LogP contribution < -0.4 is 21.7 Å². The third-order valence-corrected chi connectivity index (χ3v) is 5.47. The Morgan fingerprint density at radius 3 is 2.50 bits per heavy atom. The second-order valence-corrected chi connectivity index (χ2v) is 8.17. The number of benzene rings is 1. The number of aryl methyl sites for hydroxylation is 2. The number of aromatic nitrogens is 1. The molecule has 0 unspecified atom stereocenters. The minimum absolute atomic E-state index is 0.148. The number of nitrogens with one attached hydrogen (secondary N) is 3. The number of hydrogen-bond donors (Lipinski definition) is 4. The number of carbonyl (C=O) groups excluding carboxylic acids is 2. The molecule has 1 aromatic heterocycles. The van der Waals surface area contributed by atoms with Gasteiger partial charge < -0.3 is 21.7 Å². The first-order valence-corrected chi connectivity index (χ1v) is 11.5. The van der Waals surface area contributed by atoms with Crippen LogP contribution in [-0.2, 0) is 22.6 Å². The van der Waals surface area contributed by atoms with Gasteiger partial charge in [-0.25, -0.2) is 4.98 Å². The van der Waals surface area contributed by atoms with E-state index in [0.29, 0.717) is 18.8 Å². The minimum atomic E-state index is -0.638. The van der Waals surface area contributed by atoms with Gasteiger partial charge >= 0.3 is 0 Å². The zero-order valence-corrected chi connectivity index (χ0v) is 19.5. The maximum absolute atomic E-state index is 12.9. The summed E-state index contributed by atoms with van der Waals surface area (Å²) in [5.41, 5.74) is 8.54. The Bertz CT molecular complexity index is 857. The van der Waals surface area contributed by atoms with Crippen LogP contribution >= 0.6 is 0 Å². The van der Waals surface area contributed by atoms with Crippen molar-refractivity contribution >= 4 is 17.6 Å². The summed E-state index contributed by atoms with van der Waals surface area (Å²) in [6.45, 7) is 6.83. The van der Waals surface area contributed by atoms with Crippen LogP contribution in [0.1, 0.15) is 56.4 Å². The van der Waals surface area contributed by atoms with E-state index < -0.39 is 6.04 Å². The molecule has 5 N–H and O–H groups in total. The molecule has 2 aromatic rings. The number of nitrogen functional groups attached to an aromatic ring is 1. The molecule has 0 aliphatic heterocycles. The summed E-state index contributed by atoms with van der Waals surface area (Å²) in [6.07, 6.45) is 4.74. The van der Waals surface area contributed by atoms with Crippen molar-refractivity contribution < 1.29 is 9.59 Å². The van der Waals surface area contributed by atoms with Crippen molar-refractivity contribution in [3.63, 3.8) is 0 Å². The third kappa shape index (κ3) is 8.67. The lowest BCUT2D eigenvalue weighted by atomic mass is 10.0. The Morgan fingerprint density at radius 1 is 1.06 bits per heavy atom. The monoisotopic (exact) mass is 439 g/mol. The highest BCUT2D eigenvalue weighted by Crippen LogP contribution is 2.08. The molecular weight excluding hydrogens is 402 g/mol. The predicted molar refractivity (Wildman–Crippen MR) is 129 cm³/mol. The topological polar surface area (TPSA) is 109 Å². The molecule has 7 nitrogen and oxygen atoms in total. The molecule has 0 aliphatic rings. The first kappa shape index (κ1) is 25.3. The summed E-state index contributed by atoms with van der Waals surface area (Å²) in [5, 5.41) is 9.11. The van der Waals surface area contributed by atoms with Crippen molar-refractivity contribution in [1.82, 2.24) is 20.9 Å². The summed E-state index contributed by atoms with van der Waals surface area (Å²) in [6, 6.07) is 12.7. The Hall–Kier alpha value is -2.93. The van der Waals surface area contributed by atoms with Crippen LogP contribution in [0.2, 0.25) is 0 Å². The van der Waals surface area contributed by atoms with E-state index in [1.165, 1.54) is 5.56 Å². The van der Waals surface area contributed by atoms with Crippen LogP contribution in [0, 0.1) is 6.92 Å². The largest absolute Gasteiger partial charge is 0.384 e. The first-order chi connectivity index (χ1) is 15.4. The van der Waals surface area contributed by atoms with Gasteiger partial charge in [0.25, 0.3) is 0 Å². The third-order valence-electron chi connectivity index (χ3n) is 5.47. The van der Waals surface area contributed by atoms with Crippen LogP contribution in [0.3, 0.4) is 0 Å². The molecule has 32 heavy (non-hydrogen) atoms. The lowest BCUT2D eigenvalue weighted by Crippen LogP contribution is -2.51. The van der Waals surface area contributed by atoms with Crippen molar-refractivity contribution in [2.24, 2.45) is 0 Å². The Kier molecular flexibility index (Phi) is 10.7. The highest BCUT2D eigenvalue weighted by molar-refractivity contribution is 5.89. The van der Waals surface area contributed by atoms with Gasteiger partial charge in [-0.2, -0.15) is 0 Å². The van der Waals surface area contributed by atoms with Gasteiger partial charge in [-0.05, 0) is 56.8 Å². The van der Waals surface area contributed by atoms with Crippen molar-refractivity contribution in [1.29, 1.82) is 0 Å². The van der Waals surface area contributed by atoms with Crippen LogP contribution in [-0.4, -0.2) is 35.4 Å². The van der Waals surface area contributed by atoms with E-state index >= 15 is 0 Å². The van der Waals surface area contributed by atoms with E-state index in [-0.39, 0.29) is 17.9 Å². The molecule has 0 saturated heterocycles. The molecule has 0 bridgehead atoms. The SMILES string of the molecule is CCCCCN[C@H](CCc1ccccc1)C(=O)N[C@@H](C)C(=O)NCc1ccc(N)nc1C. The van der Waals surface area contributed by atoms with Gasteiger partial charge in [-0.1, -0.05) is 56.2 Å². The number of amides is 2. The molecule has 7 heteroatoms. The van der Waals surface area contributed by atoms with E-state index in [0.717, 1.165) is 43.5 Å². The lowest BCUT2D eigenvalue weighted by molar-refractivity contribution is -0.129. The van der Waals surface area contributed by atoms with Crippen molar-refractivity contribution in [3.8, 4) is 0 Å².